The van der Waals surface area contributed by atoms with Crippen LogP contribution >= 0.6 is 11.8 Å². The van der Waals surface area contributed by atoms with E-state index in [2.05, 4.69) is 36.6 Å². The van der Waals surface area contributed by atoms with Crippen molar-refractivity contribution in [2.24, 2.45) is 5.41 Å². The second-order valence-corrected chi connectivity index (χ2v) is 8.79. The largest absolute Gasteiger partial charge is 0.360 e. The van der Waals surface area contributed by atoms with Gasteiger partial charge in [0.25, 0.3) is 0 Å². The van der Waals surface area contributed by atoms with Crippen LogP contribution in [0.25, 0.3) is 0 Å². The van der Waals surface area contributed by atoms with Crippen LogP contribution in [0.5, 0.6) is 0 Å². The molecule has 0 aliphatic rings. The first-order chi connectivity index (χ1) is 13.1. The lowest BCUT2D eigenvalue weighted by atomic mass is 9.85. The van der Waals surface area contributed by atoms with E-state index in [1.807, 2.05) is 0 Å². The number of rotatable bonds is 8. The highest BCUT2D eigenvalue weighted by atomic mass is 32.2. The molecule has 0 aliphatic carbocycles. The number of carbonyl (C=O) groups excluding carboxylic acids is 2. The van der Waals surface area contributed by atoms with Gasteiger partial charge in [-0.2, -0.15) is 0 Å². The lowest BCUT2D eigenvalue weighted by Gasteiger charge is -2.27. The summed E-state index contributed by atoms with van der Waals surface area (Å²) in [7, 11) is 0. The summed E-state index contributed by atoms with van der Waals surface area (Å²) in [6.07, 6.45) is 0.709. The maximum Gasteiger partial charge on any atom is 0.235 e. The smallest absolute Gasteiger partial charge is 0.235 e. The molecule has 0 saturated carbocycles. The number of halogens is 1. The Kier molecular flexibility index (Phi) is 7.62. The lowest BCUT2D eigenvalue weighted by Crippen LogP contribution is -2.32. The second kappa shape index (κ2) is 9.73. The van der Waals surface area contributed by atoms with Crippen molar-refractivity contribution in [1.82, 2.24) is 10.5 Å². The first-order valence-electron chi connectivity index (χ1n) is 8.98. The van der Waals surface area contributed by atoms with E-state index in [0.717, 1.165) is 5.56 Å². The number of hydrogen-bond donors (Lipinski definition) is 2. The number of aryl methyl sites for hydroxylation is 1. The van der Waals surface area contributed by atoms with Crippen molar-refractivity contribution in [3.63, 3.8) is 0 Å². The quantitative estimate of drug-likeness (QED) is 0.689. The third-order valence-electron chi connectivity index (χ3n) is 3.79. The van der Waals surface area contributed by atoms with Crippen LogP contribution in [-0.2, 0) is 9.59 Å². The van der Waals surface area contributed by atoms with Crippen molar-refractivity contribution in [3.8, 4) is 0 Å². The SMILES string of the molecule is Cc1cc(NC(=O)CSCC(=O)NC(CC(C)(C)C)c2ccc(F)cc2)no1. The number of nitrogens with one attached hydrogen (secondary N) is 2. The van der Waals surface area contributed by atoms with E-state index in [1.54, 1.807) is 25.1 Å². The zero-order valence-corrected chi connectivity index (χ0v) is 17.4. The molecule has 6 nitrogen and oxygen atoms in total. The van der Waals surface area contributed by atoms with Crippen molar-refractivity contribution in [2.75, 3.05) is 16.8 Å². The predicted molar refractivity (Wildman–Crippen MR) is 109 cm³/mol. The zero-order chi connectivity index (χ0) is 20.7. The van der Waals surface area contributed by atoms with Crippen molar-refractivity contribution < 1.29 is 18.5 Å². The summed E-state index contributed by atoms with van der Waals surface area (Å²) in [4.78, 5) is 24.2. The molecule has 1 atom stereocenters. The number of nitrogens with zero attached hydrogens (tertiary/aromatic N) is 1. The van der Waals surface area contributed by atoms with Crippen LogP contribution in [0.3, 0.4) is 0 Å². The Bertz CT molecular complexity index is 800. The van der Waals surface area contributed by atoms with Crippen molar-refractivity contribution >= 4 is 29.4 Å². The topological polar surface area (TPSA) is 84.2 Å². The van der Waals surface area contributed by atoms with E-state index in [1.165, 1.54) is 23.9 Å². The Morgan fingerprint density at radius 2 is 1.82 bits per heavy atom. The molecule has 1 heterocycles. The average molecular weight is 408 g/mol. The van der Waals surface area contributed by atoms with E-state index >= 15 is 0 Å². The highest BCUT2D eigenvalue weighted by molar-refractivity contribution is 8.00. The Hall–Kier alpha value is -2.35. The Balaban J connectivity index is 1.85. The molecule has 152 valence electrons. The van der Waals surface area contributed by atoms with Gasteiger partial charge in [-0.05, 0) is 36.5 Å². The van der Waals surface area contributed by atoms with Gasteiger partial charge in [0, 0.05) is 6.07 Å². The van der Waals surface area contributed by atoms with Gasteiger partial charge >= 0.3 is 0 Å². The van der Waals surface area contributed by atoms with E-state index in [9.17, 15) is 14.0 Å². The van der Waals surface area contributed by atoms with E-state index < -0.39 is 0 Å². The molecule has 0 bridgehead atoms. The number of anilines is 1. The Labute approximate surface area is 168 Å². The molecule has 0 saturated heterocycles. The summed E-state index contributed by atoms with van der Waals surface area (Å²) in [5.74, 6) is 0.493. The summed E-state index contributed by atoms with van der Waals surface area (Å²) in [6, 6.07) is 7.55. The molecule has 0 radical (unpaired) electrons. The van der Waals surface area contributed by atoms with Gasteiger partial charge in [0.15, 0.2) is 5.82 Å². The molecule has 0 aliphatic heterocycles. The molecular weight excluding hydrogens is 381 g/mol. The molecule has 1 aromatic heterocycles. The van der Waals surface area contributed by atoms with Crippen LogP contribution in [0.4, 0.5) is 10.2 Å². The highest BCUT2D eigenvalue weighted by Gasteiger charge is 2.22. The Morgan fingerprint density at radius 1 is 1.18 bits per heavy atom. The van der Waals surface area contributed by atoms with Crippen molar-refractivity contribution in [2.45, 2.75) is 40.2 Å². The zero-order valence-electron chi connectivity index (χ0n) is 16.5. The van der Waals surface area contributed by atoms with E-state index in [-0.39, 0.29) is 40.6 Å². The minimum atomic E-state index is -0.312. The van der Waals surface area contributed by atoms with Crippen LogP contribution in [-0.4, -0.2) is 28.5 Å². The lowest BCUT2D eigenvalue weighted by molar-refractivity contribution is -0.119. The molecule has 2 aromatic rings. The van der Waals surface area contributed by atoms with Gasteiger partial charge in [0.1, 0.15) is 11.6 Å². The summed E-state index contributed by atoms with van der Waals surface area (Å²) < 4.78 is 18.1. The fraction of sp³-hybridized carbons (Fsp3) is 0.450. The van der Waals surface area contributed by atoms with Crippen LogP contribution < -0.4 is 10.6 Å². The normalized spacial score (nSPS) is 12.5. The minimum absolute atomic E-state index is 0.0188. The van der Waals surface area contributed by atoms with Crippen molar-refractivity contribution in [1.29, 1.82) is 0 Å². The number of aromatic nitrogens is 1. The van der Waals surface area contributed by atoms with Gasteiger partial charge in [-0.25, -0.2) is 4.39 Å². The average Bonchev–Trinajstić information content (AvgIpc) is 2.98. The first kappa shape index (κ1) is 21.9. The molecule has 0 spiro atoms. The monoisotopic (exact) mass is 407 g/mol. The number of thioether (sulfide) groups is 1. The van der Waals surface area contributed by atoms with E-state index in [0.29, 0.717) is 18.0 Å². The number of amides is 2. The van der Waals surface area contributed by atoms with Crippen molar-refractivity contribution in [3.05, 3.63) is 47.5 Å². The van der Waals surface area contributed by atoms with E-state index in [4.69, 9.17) is 4.52 Å². The summed E-state index contributed by atoms with van der Waals surface area (Å²) in [5, 5.41) is 9.29. The predicted octanol–water partition coefficient (Wildman–Crippen LogP) is 4.09. The van der Waals surface area contributed by atoms with Gasteiger partial charge in [-0.15, -0.1) is 11.8 Å². The molecule has 2 amide bonds. The third kappa shape index (κ3) is 7.72. The molecule has 1 unspecified atom stereocenters. The van der Waals surface area contributed by atoms with Gasteiger partial charge in [0.2, 0.25) is 11.8 Å². The number of carbonyl (C=O) groups is 2. The summed E-state index contributed by atoms with van der Waals surface area (Å²) >= 11 is 1.21. The molecule has 0 fully saturated rings. The molecule has 2 N–H and O–H groups in total. The van der Waals surface area contributed by atoms with Gasteiger partial charge in [-0.3, -0.25) is 9.59 Å². The van der Waals surface area contributed by atoms with Gasteiger partial charge < -0.3 is 15.2 Å². The fourth-order valence-corrected chi connectivity index (χ4v) is 3.26. The van der Waals surface area contributed by atoms with Crippen LogP contribution in [0.15, 0.2) is 34.9 Å². The van der Waals surface area contributed by atoms with Crippen LogP contribution in [0.1, 0.15) is 44.6 Å². The molecular formula is C20H26FN3O3S. The molecule has 8 heteroatoms. The summed E-state index contributed by atoms with van der Waals surface area (Å²) in [5.41, 5.74) is 0.837. The molecule has 28 heavy (non-hydrogen) atoms. The summed E-state index contributed by atoms with van der Waals surface area (Å²) in [6.45, 7) is 7.98. The minimum Gasteiger partial charge on any atom is -0.360 e. The second-order valence-electron chi connectivity index (χ2n) is 7.80. The van der Waals surface area contributed by atoms with Gasteiger partial charge in [-0.1, -0.05) is 38.1 Å². The third-order valence-corrected chi connectivity index (χ3v) is 4.72. The molecule has 1 aromatic carbocycles. The maximum atomic E-state index is 13.2. The maximum absolute atomic E-state index is 13.2. The number of hydrogen-bond acceptors (Lipinski definition) is 5. The number of benzene rings is 1. The van der Waals surface area contributed by atoms with Gasteiger partial charge in [0.05, 0.1) is 17.5 Å². The highest BCUT2D eigenvalue weighted by Crippen LogP contribution is 2.29. The molecule has 2 rings (SSSR count). The fourth-order valence-electron chi connectivity index (χ4n) is 2.64. The Morgan fingerprint density at radius 3 is 2.39 bits per heavy atom. The van der Waals surface area contributed by atoms with Crippen LogP contribution in [0.2, 0.25) is 0 Å². The van der Waals surface area contributed by atoms with Crippen LogP contribution in [0, 0.1) is 18.2 Å². The standard InChI is InChI=1S/C20H26FN3O3S/c1-13-9-17(24-27-13)23-19(26)12-28-11-18(25)22-16(10-20(2,3)4)14-5-7-15(21)8-6-14/h5-9,16H,10-12H2,1-4H3,(H,22,25)(H,23,24,26). The first-order valence-corrected chi connectivity index (χ1v) is 10.1.